The highest BCUT2D eigenvalue weighted by Gasteiger charge is 2.34. The number of hydrogen-bond donors (Lipinski definition) is 0. The summed E-state index contributed by atoms with van der Waals surface area (Å²) in [6.45, 7) is 7.64. The number of imidazole rings is 1. The van der Waals surface area contributed by atoms with E-state index in [0.717, 1.165) is 6.20 Å². The van der Waals surface area contributed by atoms with E-state index in [1.807, 2.05) is 20.8 Å². The predicted octanol–water partition coefficient (Wildman–Crippen LogP) is 5.00. The monoisotopic (exact) mass is 286 g/mol. The zero-order chi connectivity index (χ0) is 15.8. The van der Waals surface area contributed by atoms with Crippen LogP contribution in [0.25, 0.3) is 5.57 Å². The van der Waals surface area contributed by atoms with Gasteiger partial charge < -0.3 is 4.57 Å². The smallest absolute Gasteiger partial charge is 0.333 e. The second-order valence-electron chi connectivity index (χ2n) is 3.71. The Hall–Kier alpha value is -1.78. The molecule has 0 aliphatic carbocycles. The third-order valence-electron chi connectivity index (χ3n) is 2.24. The molecule has 1 aromatic heterocycles. The molecule has 1 aromatic rings. The predicted molar refractivity (Wildman–Crippen MR) is 77.2 cm³/mol. The molecule has 0 saturated carbocycles. The molecule has 5 heteroatoms. The number of rotatable bonds is 3. The van der Waals surface area contributed by atoms with Crippen LogP contribution in [0.15, 0.2) is 36.6 Å². The Kier molecular flexibility index (Phi) is 7.65. The lowest BCUT2D eigenvalue weighted by Gasteiger charge is -2.01. The zero-order valence-corrected chi connectivity index (χ0v) is 12.5. The van der Waals surface area contributed by atoms with Crippen molar-refractivity contribution in [1.82, 2.24) is 9.55 Å². The summed E-state index contributed by atoms with van der Waals surface area (Å²) >= 11 is 0. The van der Waals surface area contributed by atoms with Crippen LogP contribution in [-0.2, 0) is 13.2 Å². The number of nitrogens with zero attached hydrogens (tertiary/aromatic N) is 2. The van der Waals surface area contributed by atoms with E-state index < -0.39 is 11.9 Å². The van der Waals surface area contributed by atoms with Crippen LogP contribution in [0.2, 0.25) is 0 Å². The molecule has 0 fully saturated rings. The van der Waals surface area contributed by atoms with Crippen LogP contribution in [-0.4, -0.2) is 9.55 Å². The van der Waals surface area contributed by atoms with Gasteiger partial charge in [-0.25, -0.2) is 4.98 Å². The summed E-state index contributed by atoms with van der Waals surface area (Å²) in [5.74, 6) is 0.290. The summed E-state index contributed by atoms with van der Waals surface area (Å²) in [7, 11) is 1.55. The minimum Gasteiger partial charge on any atom is -0.333 e. The molecule has 112 valence electrons. The number of halogens is 3. The normalized spacial score (nSPS) is 12.9. The molecule has 1 rings (SSSR count). The molecule has 0 N–H and O–H groups in total. The first-order valence-corrected chi connectivity index (χ1v) is 6.46. The van der Waals surface area contributed by atoms with Gasteiger partial charge in [-0.1, -0.05) is 44.2 Å². The summed E-state index contributed by atoms with van der Waals surface area (Å²) < 4.78 is 39.0. The quantitative estimate of drug-likeness (QED) is 0.715. The Morgan fingerprint density at radius 3 is 2.20 bits per heavy atom. The van der Waals surface area contributed by atoms with Crippen molar-refractivity contribution < 1.29 is 13.2 Å². The molecule has 0 saturated heterocycles. The molecule has 0 radical (unpaired) electrons. The van der Waals surface area contributed by atoms with Gasteiger partial charge in [-0.3, -0.25) is 0 Å². The van der Waals surface area contributed by atoms with Gasteiger partial charge in [-0.15, -0.1) is 0 Å². The van der Waals surface area contributed by atoms with Gasteiger partial charge in [0.05, 0.1) is 0 Å². The van der Waals surface area contributed by atoms with E-state index in [2.05, 4.69) is 4.98 Å². The lowest BCUT2D eigenvalue weighted by atomic mass is 10.2. The molecule has 0 amide bonds. The highest BCUT2D eigenvalue weighted by molar-refractivity contribution is 5.71. The van der Waals surface area contributed by atoms with Crippen LogP contribution in [0.5, 0.6) is 0 Å². The van der Waals surface area contributed by atoms with E-state index in [4.69, 9.17) is 0 Å². The van der Waals surface area contributed by atoms with E-state index in [1.54, 1.807) is 44.4 Å². The van der Waals surface area contributed by atoms with Crippen molar-refractivity contribution in [3.8, 4) is 0 Å². The van der Waals surface area contributed by atoms with Crippen molar-refractivity contribution in [2.24, 2.45) is 7.05 Å². The highest BCUT2D eigenvalue weighted by Crippen LogP contribution is 2.29. The Balaban J connectivity index is 0.00000172. The lowest BCUT2D eigenvalue weighted by Crippen LogP contribution is -2.05. The van der Waals surface area contributed by atoms with Crippen molar-refractivity contribution in [1.29, 1.82) is 0 Å². The van der Waals surface area contributed by atoms with Crippen LogP contribution in [0.1, 0.15) is 39.2 Å². The molecule has 0 aliphatic heterocycles. The first kappa shape index (κ1) is 18.2. The minimum absolute atomic E-state index is 0.290. The molecule has 0 unspecified atom stereocenters. The van der Waals surface area contributed by atoms with Crippen molar-refractivity contribution in [3.05, 3.63) is 48.1 Å². The fraction of sp³-hybridized carbons (Fsp3) is 0.400. The van der Waals surface area contributed by atoms with E-state index in [1.165, 1.54) is 4.57 Å². The third kappa shape index (κ3) is 5.07. The second kappa shape index (κ2) is 8.40. The average molecular weight is 286 g/mol. The first-order chi connectivity index (χ1) is 9.40. The summed E-state index contributed by atoms with van der Waals surface area (Å²) in [5, 5.41) is 0. The molecule has 0 atom stereocenters. The number of alkyl halides is 3. The van der Waals surface area contributed by atoms with Crippen LogP contribution < -0.4 is 0 Å². The van der Waals surface area contributed by atoms with Gasteiger partial charge in [0.2, 0.25) is 0 Å². The largest absolute Gasteiger partial charge is 0.434 e. The van der Waals surface area contributed by atoms with Crippen LogP contribution in [0, 0.1) is 0 Å². The fourth-order valence-electron chi connectivity index (χ4n) is 1.46. The van der Waals surface area contributed by atoms with Gasteiger partial charge in [0, 0.05) is 18.8 Å². The molecule has 0 spiro atoms. The standard InChI is InChI=1S/C13H15F3N2.C2H6/c1-4-6-8-10(7-5-2)12-17-11(9-18(12)3)13(14,15)16;1-2/h4-9H,1-3H3;1-2H3/b6-4-,7-5-,10-8+;. The first-order valence-electron chi connectivity index (χ1n) is 6.46. The SMILES string of the molecule is CC.C\C=C/C=C(\C=C/C)c1nc(C(F)(F)F)cn1C. The van der Waals surface area contributed by atoms with Crippen LogP contribution in [0.4, 0.5) is 13.2 Å². The minimum atomic E-state index is -4.42. The van der Waals surface area contributed by atoms with Crippen molar-refractivity contribution in [2.75, 3.05) is 0 Å². The molecule has 2 nitrogen and oxygen atoms in total. The van der Waals surface area contributed by atoms with E-state index in [9.17, 15) is 13.2 Å². The van der Waals surface area contributed by atoms with E-state index in [0.29, 0.717) is 11.4 Å². The molecule has 0 aromatic carbocycles. The van der Waals surface area contributed by atoms with E-state index >= 15 is 0 Å². The topological polar surface area (TPSA) is 17.8 Å². The Morgan fingerprint density at radius 1 is 1.20 bits per heavy atom. The molecule has 0 bridgehead atoms. The highest BCUT2D eigenvalue weighted by atomic mass is 19.4. The lowest BCUT2D eigenvalue weighted by molar-refractivity contribution is -0.141. The number of hydrogen-bond acceptors (Lipinski definition) is 1. The van der Waals surface area contributed by atoms with Gasteiger partial charge in [-0.05, 0) is 13.8 Å². The third-order valence-corrected chi connectivity index (χ3v) is 2.24. The van der Waals surface area contributed by atoms with Crippen molar-refractivity contribution in [2.45, 2.75) is 33.9 Å². The average Bonchev–Trinajstić information content (AvgIpc) is 2.79. The number of aryl methyl sites for hydroxylation is 1. The van der Waals surface area contributed by atoms with Gasteiger partial charge in [-0.2, -0.15) is 13.2 Å². The fourth-order valence-corrected chi connectivity index (χ4v) is 1.46. The van der Waals surface area contributed by atoms with Gasteiger partial charge in [0.25, 0.3) is 0 Å². The summed E-state index contributed by atoms with van der Waals surface area (Å²) in [6.07, 6.45) is 5.34. The molecule has 1 heterocycles. The zero-order valence-electron chi connectivity index (χ0n) is 12.5. The maximum atomic E-state index is 12.6. The van der Waals surface area contributed by atoms with Gasteiger partial charge >= 0.3 is 6.18 Å². The Morgan fingerprint density at radius 2 is 1.80 bits per heavy atom. The number of allylic oxidation sites excluding steroid dienone is 6. The maximum Gasteiger partial charge on any atom is 0.434 e. The molecule has 0 aliphatic rings. The number of aromatic nitrogens is 2. The Bertz CT molecular complexity index is 492. The molecular formula is C15H21F3N2. The van der Waals surface area contributed by atoms with Crippen LogP contribution in [0.3, 0.4) is 0 Å². The second-order valence-corrected chi connectivity index (χ2v) is 3.71. The van der Waals surface area contributed by atoms with Crippen LogP contribution >= 0.6 is 0 Å². The maximum absolute atomic E-state index is 12.6. The summed E-state index contributed by atoms with van der Waals surface area (Å²) in [4.78, 5) is 3.64. The Labute approximate surface area is 118 Å². The summed E-state index contributed by atoms with van der Waals surface area (Å²) in [6, 6.07) is 0. The van der Waals surface area contributed by atoms with Crippen molar-refractivity contribution >= 4 is 5.57 Å². The summed E-state index contributed by atoms with van der Waals surface area (Å²) in [5.41, 5.74) is -0.246. The van der Waals surface area contributed by atoms with Crippen molar-refractivity contribution in [3.63, 3.8) is 0 Å². The van der Waals surface area contributed by atoms with E-state index in [-0.39, 0.29) is 0 Å². The molecule has 20 heavy (non-hydrogen) atoms. The van der Waals surface area contributed by atoms with Gasteiger partial charge in [0.1, 0.15) is 5.82 Å². The molecular weight excluding hydrogens is 265 g/mol. The van der Waals surface area contributed by atoms with Gasteiger partial charge in [0.15, 0.2) is 5.69 Å².